The van der Waals surface area contributed by atoms with Crippen LogP contribution in [0.5, 0.6) is 0 Å². The highest BCUT2D eigenvalue weighted by Gasteiger charge is 2.07. The summed E-state index contributed by atoms with van der Waals surface area (Å²) >= 11 is 0. The van der Waals surface area contributed by atoms with Crippen molar-refractivity contribution in [1.29, 1.82) is 0 Å². The van der Waals surface area contributed by atoms with E-state index in [0.717, 1.165) is 15.2 Å². The minimum atomic E-state index is -0.741. The third kappa shape index (κ3) is 3.56. The van der Waals surface area contributed by atoms with Gasteiger partial charge in [0.25, 0.3) is 11.5 Å². The van der Waals surface area contributed by atoms with E-state index in [9.17, 15) is 19.2 Å². The Kier molecular flexibility index (Phi) is 4.38. The Balaban J connectivity index is 2.66. The summed E-state index contributed by atoms with van der Waals surface area (Å²) in [5.41, 5.74) is 5.62. The van der Waals surface area contributed by atoms with Gasteiger partial charge in [-0.1, -0.05) is 0 Å². The lowest BCUT2D eigenvalue weighted by Gasteiger charge is -2.07. The van der Waals surface area contributed by atoms with E-state index in [1.165, 1.54) is 13.2 Å². The molecule has 18 heavy (non-hydrogen) atoms. The van der Waals surface area contributed by atoms with Crippen LogP contribution in [0.4, 0.5) is 0 Å². The van der Waals surface area contributed by atoms with Gasteiger partial charge in [0.1, 0.15) is 6.54 Å². The molecule has 9 heteroatoms. The molecule has 0 atom stereocenters. The maximum Gasteiger partial charge on any atom is 0.331 e. The first-order valence-electron chi connectivity index (χ1n) is 4.87. The van der Waals surface area contributed by atoms with Crippen molar-refractivity contribution in [1.82, 2.24) is 14.6 Å². The second-order valence-electron chi connectivity index (χ2n) is 3.40. The van der Waals surface area contributed by atoms with Crippen molar-refractivity contribution < 1.29 is 14.4 Å². The SMILES string of the molecule is Cn1c(=O)ccn(CC(=O)NOCC(N)=O)c1=O. The van der Waals surface area contributed by atoms with Gasteiger partial charge < -0.3 is 5.73 Å². The zero-order chi connectivity index (χ0) is 13.7. The Morgan fingerprint density at radius 3 is 2.72 bits per heavy atom. The number of hydroxylamine groups is 1. The summed E-state index contributed by atoms with van der Waals surface area (Å²) in [5, 5.41) is 0. The number of nitrogens with two attached hydrogens (primary N) is 1. The summed E-state index contributed by atoms with van der Waals surface area (Å²) in [6, 6.07) is 1.15. The van der Waals surface area contributed by atoms with E-state index in [1.807, 2.05) is 5.48 Å². The second-order valence-corrected chi connectivity index (χ2v) is 3.40. The summed E-state index contributed by atoms with van der Waals surface area (Å²) in [5.74, 6) is -1.40. The molecule has 0 saturated carbocycles. The number of carbonyl (C=O) groups excluding carboxylic acids is 2. The van der Waals surface area contributed by atoms with E-state index >= 15 is 0 Å². The smallest absolute Gasteiger partial charge is 0.331 e. The second kappa shape index (κ2) is 5.77. The minimum Gasteiger partial charge on any atom is -0.368 e. The normalized spacial score (nSPS) is 10.1. The highest BCUT2D eigenvalue weighted by atomic mass is 16.7. The summed E-state index contributed by atoms with van der Waals surface area (Å²) in [6.45, 7) is -0.806. The lowest BCUT2D eigenvalue weighted by molar-refractivity contribution is -0.138. The molecule has 0 spiro atoms. The van der Waals surface area contributed by atoms with Gasteiger partial charge in [-0.25, -0.2) is 10.3 Å². The number of nitrogens with one attached hydrogen (secondary N) is 1. The van der Waals surface area contributed by atoms with Crippen molar-refractivity contribution in [3.05, 3.63) is 33.1 Å². The van der Waals surface area contributed by atoms with Gasteiger partial charge in [-0.2, -0.15) is 0 Å². The van der Waals surface area contributed by atoms with Crippen LogP contribution in [0.25, 0.3) is 0 Å². The van der Waals surface area contributed by atoms with Crippen LogP contribution in [0.2, 0.25) is 0 Å². The molecule has 1 aromatic rings. The lowest BCUT2D eigenvalue weighted by Crippen LogP contribution is -2.40. The fraction of sp³-hybridized carbons (Fsp3) is 0.333. The molecule has 1 aromatic heterocycles. The van der Waals surface area contributed by atoms with Crippen LogP contribution in [0, 0.1) is 0 Å². The number of rotatable bonds is 5. The number of hydrogen-bond acceptors (Lipinski definition) is 5. The number of aromatic nitrogens is 2. The summed E-state index contributed by atoms with van der Waals surface area (Å²) in [4.78, 5) is 48.7. The number of carbonyl (C=O) groups is 2. The molecule has 0 radical (unpaired) electrons. The first-order chi connectivity index (χ1) is 8.41. The molecule has 0 fully saturated rings. The highest BCUT2D eigenvalue weighted by molar-refractivity contribution is 5.76. The van der Waals surface area contributed by atoms with Gasteiger partial charge in [0.2, 0.25) is 5.91 Å². The van der Waals surface area contributed by atoms with Crippen molar-refractivity contribution in [2.75, 3.05) is 6.61 Å². The Morgan fingerprint density at radius 2 is 2.11 bits per heavy atom. The van der Waals surface area contributed by atoms with Gasteiger partial charge in [-0.15, -0.1) is 0 Å². The zero-order valence-corrected chi connectivity index (χ0v) is 9.58. The van der Waals surface area contributed by atoms with Gasteiger partial charge in [0.05, 0.1) is 0 Å². The van der Waals surface area contributed by atoms with Crippen LogP contribution >= 0.6 is 0 Å². The van der Waals surface area contributed by atoms with Crippen molar-refractivity contribution in [3.8, 4) is 0 Å². The molecule has 0 unspecified atom stereocenters. The Morgan fingerprint density at radius 1 is 1.44 bits per heavy atom. The van der Waals surface area contributed by atoms with Crippen LogP contribution in [0.1, 0.15) is 0 Å². The van der Waals surface area contributed by atoms with E-state index in [0.29, 0.717) is 0 Å². The summed E-state index contributed by atoms with van der Waals surface area (Å²) in [6.07, 6.45) is 1.19. The summed E-state index contributed by atoms with van der Waals surface area (Å²) in [7, 11) is 1.29. The molecule has 1 rings (SSSR count). The molecule has 0 aliphatic rings. The third-order valence-electron chi connectivity index (χ3n) is 1.97. The van der Waals surface area contributed by atoms with Crippen LogP contribution in [0.3, 0.4) is 0 Å². The zero-order valence-electron chi connectivity index (χ0n) is 9.58. The Labute approximate surface area is 101 Å². The molecule has 0 bridgehead atoms. The maximum absolute atomic E-state index is 11.5. The molecule has 2 amide bonds. The van der Waals surface area contributed by atoms with Crippen molar-refractivity contribution in [2.45, 2.75) is 6.54 Å². The largest absolute Gasteiger partial charge is 0.368 e. The van der Waals surface area contributed by atoms with Crippen LogP contribution < -0.4 is 22.5 Å². The monoisotopic (exact) mass is 256 g/mol. The predicted octanol–water partition coefficient (Wildman–Crippen LogP) is -2.92. The number of amides is 2. The quantitative estimate of drug-likeness (QED) is 0.546. The van der Waals surface area contributed by atoms with Crippen LogP contribution in [-0.2, 0) is 28.0 Å². The average molecular weight is 256 g/mol. The van der Waals surface area contributed by atoms with E-state index in [2.05, 4.69) is 4.84 Å². The van der Waals surface area contributed by atoms with E-state index < -0.39 is 29.7 Å². The summed E-state index contributed by atoms with van der Waals surface area (Å²) < 4.78 is 1.88. The first-order valence-corrected chi connectivity index (χ1v) is 4.87. The fourth-order valence-electron chi connectivity index (χ4n) is 1.11. The molecule has 98 valence electrons. The van der Waals surface area contributed by atoms with Crippen molar-refractivity contribution in [2.24, 2.45) is 12.8 Å². The molecule has 0 saturated heterocycles. The fourth-order valence-corrected chi connectivity index (χ4v) is 1.11. The predicted molar refractivity (Wildman–Crippen MR) is 59.2 cm³/mol. The van der Waals surface area contributed by atoms with Gasteiger partial charge in [-0.3, -0.25) is 28.4 Å². The minimum absolute atomic E-state index is 0.342. The number of primary amides is 1. The maximum atomic E-state index is 11.5. The molecular formula is C9H12N4O5. The van der Waals surface area contributed by atoms with E-state index in [-0.39, 0.29) is 6.54 Å². The van der Waals surface area contributed by atoms with Gasteiger partial charge >= 0.3 is 5.69 Å². The van der Waals surface area contributed by atoms with Crippen LogP contribution in [-0.4, -0.2) is 27.6 Å². The van der Waals surface area contributed by atoms with Gasteiger partial charge in [0, 0.05) is 19.3 Å². The highest BCUT2D eigenvalue weighted by Crippen LogP contribution is 1.79. The Hall–Kier alpha value is -2.42. The third-order valence-corrected chi connectivity index (χ3v) is 1.97. The molecule has 0 aliphatic carbocycles. The first kappa shape index (κ1) is 13.6. The Bertz CT molecular complexity index is 573. The molecular weight excluding hydrogens is 244 g/mol. The lowest BCUT2D eigenvalue weighted by atomic mass is 10.5. The van der Waals surface area contributed by atoms with Crippen molar-refractivity contribution in [3.63, 3.8) is 0 Å². The van der Waals surface area contributed by atoms with Gasteiger partial charge in [0.15, 0.2) is 6.61 Å². The van der Waals surface area contributed by atoms with Gasteiger partial charge in [-0.05, 0) is 0 Å². The topological polar surface area (TPSA) is 125 Å². The molecule has 0 aromatic carbocycles. The van der Waals surface area contributed by atoms with Crippen molar-refractivity contribution >= 4 is 11.8 Å². The van der Waals surface area contributed by atoms with E-state index in [1.54, 1.807) is 0 Å². The number of hydrogen-bond donors (Lipinski definition) is 2. The number of nitrogens with zero attached hydrogens (tertiary/aromatic N) is 2. The van der Waals surface area contributed by atoms with E-state index in [4.69, 9.17) is 5.73 Å². The average Bonchev–Trinajstić information content (AvgIpc) is 2.29. The molecule has 1 heterocycles. The standard InChI is InChI=1S/C9H12N4O5/c1-12-8(16)2-3-13(9(12)17)4-7(15)11-18-5-6(10)14/h2-3H,4-5H2,1H3,(H2,10,14)(H,11,15). The molecule has 0 aliphatic heterocycles. The van der Waals surface area contributed by atoms with Crippen LogP contribution in [0.15, 0.2) is 21.9 Å². The molecule has 9 nitrogen and oxygen atoms in total. The molecule has 3 N–H and O–H groups in total.